The number of anilines is 3. The number of benzene rings is 2. The highest BCUT2D eigenvalue weighted by molar-refractivity contribution is 8.02. The molecule has 0 fully saturated rings. The summed E-state index contributed by atoms with van der Waals surface area (Å²) in [6.45, 7) is 2.10. The van der Waals surface area contributed by atoms with Crippen LogP contribution in [-0.2, 0) is 0 Å². The van der Waals surface area contributed by atoms with Crippen LogP contribution in [0.5, 0.6) is 0 Å². The summed E-state index contributed by atoms with van der Waals surface area (Å²) in [4.78, 5) is 0. The first-order valence-corrected chi connectivity index (χ1v) is 6.01. The zero-order valence-electron chi connectivity index (χ0n) is 8.97. The van der Waals surface area contributed by atoms with E-state index in [1.165, 1.54) is 22.6 Å². The van der Waals surface area contributed by atoms with Gasteiger partial charge in [-0.05, 0) is 31.2 Å². The Bertz CT molecular complexity index is 508. The maximum atomic E-state index is 3.31. The van der Waals surface area contributed by atoms with Gasteiger partial charge < -0.3 is 4.72 Å². The molecule has 1 aliphatic rings. The molecule has 0 atom stereocenters. The van der Waals surface area contributed by atoms with E-state index in [-0.39, 0.29) is 0 Å². The van der Waals surface area contributed by atoms with E-state index < -0.39 is 0 Å². The molecule has 1 aliphatic heterocycles. The molecule has 0 aliphatic carbocycles. The number of hydrogen-bond donors (Lipinski definition) is 1. The molecule has 0 saturated carbocycles. The SMILES string of the molecule is Cc1ccc(N2SNc3ccccc32)cc1. The summed E-state index contributed by atoms with van der Waals surface area (Å²) in [6, 6.07) is 16.9. The lowest BCUT2D eigenvalue weighted by atomic mass is 10.2. The fourth-order valence-corrected chi connectivity index (χ4v) is 2.60. The second-order valence-corrected chi connectivity index (χ2v) is 4.59. The van der Waals surface area contributed by atoms with Crippen LogP contribution in [0.2, 0.25) is 0 Å². The molecule has 2 nitrogen and oxygen atoms in total. The lowest BCUT2D eigenvalue weighted by molar-refractivity contribution is 1.41. The van der Waals surface area contributed by atoms with E-state index >= 15 is 0 Å². The van der Waals surface area contributed by atoms with Crippen LogP contribution >= 0.6 is 12.1 Å². The number of fused-ring (bicyclic) bond motifs is 1. The molecule has 0 aromatic heterocycles. The lowest BCUT2D eigenvalue weighted by Gasteiger charge is -2.15. The minimum atomic E-state index is 1.17. The number of aryl methyl sites for hydroxylation is 1. The van der Waals surface area contributed by atoms with Crippen molar-refractivity contribution in [3.05, 3.63) is 54.1 Å². The van der Waals surface area contributed by atoms with Crippen LogP contribution in [0.4, 0.5) is 17.1 Å². The van der Waals surface area contributed by atoms with Crippen molar-refractivity contribution in [1.82, 2.24) is 0 Å². The maximum Gasteiger partial charge on any atom is 0.0782 e. The van der Waals surface area contributed by atoms with Crippen molar-refractivity contribution in [3.8, 4) is 0 Å². The van der Waals surface area contributed by atoms with Crippen LogP contribution in [0.15, 0.2) is 48.5 Å². The van der Waals surface area contributed by atoms with Gasteiger partial charge in [-0.3, -0.25) is 4.31 Å². The number of para-hydroxylation sites is 2. The fourth-order valence-electron chi connectivity index (χ4n) is 1.75. The zero-order chi connectivity index (χ0) is 11.0. The monoisotopic (exact) mass is 228 g/mol. The Balaban J connectivity index is 2.01. The molecule has 0 bridgehead atoms. The Labute approximate surface area is 99.6 Å². The fraction of sp³-hybridized carbons (Fsp3) is 0.0769. The molecular formula is C13H12N2S. The van der Waals surface area contributed by atoms with E-state index in [1.54, 1.807) is 12.1 Å². The molecule has 0 amide bonds. The van der Waals surface area contributed by atoms with Gasteiger partial charge in [0, 0.05) is 0 Å². The second-order valence-electron chi connectivity index (χ2n) is 3.84. The zero-order valence-corrected chi connectivity index (χ0v) is 9.79. The van der Waals surface area contributed by atoms with E-state index in [4.69, 9.17) is 0 Å². The summed E-state index contributed by atoms with van der Waals surface area (Å²) in [5.41, 5.74) is 4.88. The predicted molar refractivity (Wildman–Crippen MR) is 71.0 cm³/mol. The van der Waals surface area contributed by atoms with Crippen molar-refractivity contribution in [2.75, 3.05) is 9.03 Å². The van der Waals surface area contributed by atoms with Crippen molar-refractivity contribution in [2.45, 2.75) is 6.92 Å². The van der Waals surface area contributed by atoms with Gasteiger partial charge in [-0.15, -0.1) is 0 Å². The molecule has 2 aromatic rings. The van der Waals surface area contributed by atoms with E-state index in [0.717, 1.165) is 0 Å². The van der Waals surface area contributed by atoms with Gasteiger partial charge in [0.15, 0.2) is 0 Å². The van der Waals surface area contributed by atoms with E-state index in [9.17, 15) is 0 Å². The van der Waals surface area contributed by atoms with Gasteiger partial charge in [0.2, 0.25) is 0 Å². The first-order valence-electron chi connectivity index (χ1n) is 5.23. The maximum absolute atomic E-state index is 3.31. The smallest absolute Gasteiger partial charge is 0.0782 e. The average molecular weight is 228 g/mol. The van der Waals surface area contributed by atoms with Crippen LogP contribution < -0.4 is 9.03 Å². The highest BCUT2D eigenvalue weighted by atomic mass is 32.2. The summed E-state index contributed by atoms with van der Waals surface area (Å²) < 4.78 is 5.51. The Morgan fingerprint density at radius 2 is 1.75 bits per heavy atom. The van der Waals surface area contributed by atoms with Crippen molar-refractivity contribution in [3.63, 3.8) is 0 Å². The van der Waals surface area contributed by atoms with E-state index in [0.29, 0.717) is 0 Å². The largest absolute Gasteiger partial charge is 0.310 e. The lowest BCUT2D eigenvalue weighted by Crippen LogP contribution is -2.02. The minimum absolute atomic E-state index is 1.17. The third kappa shape index (κ3) is 1.53. The van der Waals surface area contributed by atoms with Gasteiger partial charge in [-0.25, -0.2) is 0 Å². The van der Waals surface area contributed by atoms with Gasteiger partial charge in [0.05, 0.1) is 29.2 Å². The first kappa shape index (κ1) is 9.60. The Hall–Kier alpha value is -1.61. The minimum Gasteiger partial charge on any atom is -0.310 e. The molecule has 0 spiro atoms. The van der Waals surface area contributed by atoms with Gasteiger partial charge in [0.25, 0.3) is 0 Å². The molecule has 3 rings (SSSR count). The molecule has 2 aromatic carbocycles. The molecule has 0 radical (unpaired) electrons. The second kappa shape index (κ2) is 3.76. The molecule has 3 heteroatoms. The summed E-state index contributed by atoms with van der Waals surface area (Å²) >= 11 is 1.61. The van der Waals surface area contributed by atoms with Crippen molar-refractivity contribution in [1.29, 1.82) is 0 Å². The first-order chi connectivity index (χ1) is 7.84. The highest BCUT2D eigenvalue weighted by Gasteiger charge is 2.20. The van der Waals surface area contributed by atoms with Gasteiger partial charge in [-0.2, -0.15) is 0 Å². The predicted octanol–water partition coefficient (Wildman–Crippen LogP) is 4.12. The molecule has 16 heavy (non-hydrogen) atoms. The van der Waals surface area contributed by atoms with E-state index in [2.05, 4.69) is 58.4 Å². The summed E-state index contributed by atoms with van der Waals surface area (Å²) in [5.74, 6) is 0. The Morgan fingerprint density at radius 3 is 2.56 bits per heavy atom. The third-order valence-corrected chi connectivity index (χ3v) is 3.54. The molecule has 80 valence electrons. The normalized spacial score (nSPS) is 13.4. The Morgan fingerprint density at radius 1 is 1.00 bits per heavy atom. The van der Waals surface area contributed by atoms with Crippen LogP contribution in [0.25, 0.3) is 0 Å². The van der Waals surface area contributed by atoms with Gasteiger partial charge in [0.1, 0.15) is 0 Å². The quantitative estimate of drug-likeness (QED) is 0.739. The molecule has 1 N–H and O–H groups in total. The summed E-state index contributed by atoms with van der Waals surface area (Å²) in [7, 11) is 0. The summed E-state index contributed by atoms with van der Waals surface area (Å²) in [6.07, 6.45) is 0. The van der Waals surface area contributed by atoms with Gasteiger partial charge in [-0.1, -0.05) is 29.8 Å². The van der Waals surface area contributed by atoms with Crippen molar-refractivity contribution < 1.29 is 0 Å². The molecule has 0 saturated heterocycles. The van der Waals surface area contributed by atoms with Crippen LogP contribution in [-0.4, -0.2) is 0 Å². The average Bonchev–Trinajstić information content (AvgIpc) is 2.74. The molecule has 1 heterocycles. The number of rotatable bonds is 1. The van der Waals surface area contributed by atoms with Crippen LogP contribution in [0, 0.1) is 6.92 Å². The summed E-state index contributed by atoms with van der Waals surface area (Å²) in [5, 5.41) is 0. The van der Waals surface area contributed by atoms with Crippen molar-refractivity contribution >= 4 is 29.2 Å². The number of nitrogens with zero attached hydrogens (tertiary/aromatic N) is 1. The van der Waals surface area contributed by atoms with Crippen LogP contribution in [0.1, 0.15) is 5.56 Å². The third-order valence-electron chi connectivity index (χ3n) is 2.64. The molecule has 0 unspecified atom stereocenters. The van der Waals surface area contributed by atoms with Crippen molar-refractivity contribution in [2.24, 2.45) is 0 Å². The number of nitrogens with one attached hydrogen (secondary N) is 1. The van der Waals surface area contributed by atoms with Crippen LogP contribution in [0.3, 0.4) is 0 Å². The highest BCUT2D eigenvalue weighted by Crippen LogP contribution is 2.43. The Kier molecular flexibility index (Phi) is 2.26. The topological polar surface area (TPSA) is 15.3 Å². The van der Waals surface area contributed by atoms with Gasteiger partial charge >= 0.3 is 0 Å². The molecular weight excluding hydrogens is 216 g/mol. The number of hydrogen-bond acceptors (Lipinski definition) is 3. The van der Waals surface area contributed by atoms with E-state index in [1.807, 2.05) is 6.07 Å². The standard InChI is InChI=1S/C13H12N2S/c1-10-6-8-11(9-7-10)15-13-5-3-2-4-12(13)14-16-15/h2-9,14H,1H3.